The molecule has 1 aliphatic heterocycles. The van der Waals surface area contributed by atoms with Gasteiger partial charge in [-0.15, -0.1) is 11.3 Å². The van der Waals surface area contributed by atoms with E-state index in [9.17, 15) is 14.4 Å². The number of benzene rings is 1. The number of thiophene rings is 1. The lowest BCUT2D eigenvalue weighted by atomic mass is 10.0. The Morgan fingerprint density at radius 2 is 1.91 bits per heavy atom. The number of hydrogen-bond donors (Lipinski definition) is 2. The molecule has 170 valence electrons. The number of carbonyl (C=O) groups is 3. The lowest BCUT2D eigenvalue weighted by Crippen LogP contribution is -2.38. The van der Waals surface area contributed by atoms with E-state index >= 15 is 0 Å². The average Bonchev–Trinajstić information content (AvgIpc) is 3.43. The molecule has 33 heavy (non-hydrogen) atoms. The highest BCUT2D eigenvalue weighted by Gasteiger charge is 2.27. The lowest BCUT2D eigenvalue weighted by Gasteiger charge is -2.33. The number of aromatic nitrogens is 2. The molecule has 0 saturated carbocycles. The lowest BCUT2D eigenvalue weighted by molar-refractivity contribution is -0.127. The summed E-state index contributed by atoms with van der Waals surface area (Å²) in [5.74, 6) is -0.223. The van der Waals surface area contributed by atoms with Gasteiger partial charge in [-0.1, -0.05) is 25.3 Å². The molecule has 2 aromatic heterocycles. The van der Waals surface area contributed by atoms with E-state index in [1.165, 1.54) is 23.5 Å². The summed E-state index contributed by atoms with van der Waals surface area (Å²) in [6.07, 6.45) is 4.02. The Morgan fingerprint density at radius 3 is 2.61 bits per heavy atom. The van der Waals surface area contributed by atoms with Crippen molar-refractivity contribution in [3.05, 3.63) is 65.4 Å². The first-order valence-electron chi connectivity index (χ1n) is 10.6. The number of imidazole rings is 1. The summed E-state index contributed by atoms with van der Waals surface area (Å²) in [6, 6.07) is 7.61. The van der Waals surface area contributed by atoms with E-state index < -0.39 is 0 Å². The van der Waals surface area contributed by atoms with Gasteiger partial charge in [0.05, 0.1) is 21.6 Å². The smallest absolute Gasteiger partial charge is 0.268 e. The summed E-state index contributed by atoms with van der Waals surface area (Å²) in [7, 11) is 0. The number of carbonyl (C=O) groups excluding carboxylic acids is 3. The Labute approximate surface area is 195 Å². The summed E-state index contributed by atoms with van der Waals surface area (Å²) in [4.78, 5) is 43.5. The van der Waals surface area contributed by atoms with Gasteiger partial charge in [0, 0.05) is 24.5 Å². The number of fused-ring (bicyclic) bond motifs is 1. The van der Waals surface area contributed by atoms with Crippen molar-refractivity contribution in [1.82, 2.24) is 14.5 Å². The minimum atomic E-state index is -0.335. The predicted octanol–water partition coefficient (Wildman–Crippen LogP) is 4.13. The summed E-state index contributed by atoms with van der Waals surface area (Å²) in [5, 5.41) is 7.32. The molecule has 8 nitrogen and oxygen atoms in total. The Kier molecular flexibility index (Phi) is 6.41. The fourth-order valence-corrected chi connectivity index (χ4v) is 4.85. The molecule has 1 aliphatic rings. The molecule has 1 fully saturated rings. The van der Waals surface area contributed by atoms with Crippen LogP contribution >= 0.6 is 11.3 Å². The van der Waals surface area contributed by atoms with Crippen molar-refractivity contribution in [1.29, 1.82) is 0 Å². The molecule has 0 aliphatic carbocycles. The standard InChI is InChI=1S/C24H25N5O3S/c1-4-20(30)25-16-13-19(33-14-16)23(32)27-24-26-18-8-6-7-15(3)22(18)29(24)17-9-11-28(12-10-17)21(31)5-2/h4-8,13-14,17H,1-2,9-12H2,3H3,(H,25,30)(H,26,27,32). The van der Waals surface area contributed by atoms with Crippen molar-refractivity contribution >= 4 is 51.7 Å². The topological polar surface area (TPSA) is 96.3 Å². The highest BCUT2D eigenvalue weighted by Crippen LogP contribution is 2.33. The summed E-state index contributed by atoms with van der Waals surface area (Å²) in [5.41, 5.74) is 3.39. The third-order valence-corrected chi connectivity index (χ3v) is 6.66. The molecule has 1 aromatic carbocycles. The number of likely N-dealkylation sites (tertiary alicyclic amines) is 1. The fraction of sp³-hybridized carbons (Fsp3) is 0.250. The van der Waals surface area contributed by atoms with E-state index in [0.29, 0.717) is 29.6 Å². The monoisotopic (exact) mass is 463 g/mol. The Morgan fingerprint density at radius 1 is 1.15 bits per heavy atom. The highest BCUT2D eigenvalue weighted by atomic mass is 32.1. The SMILES string of the molecule is C=CC(=O)Nc1csc(C(=O)Nc2nc3cccc(C)c3n2C2CCN(C(=O)C=C)CC2)c1. The van der Waals surface area contributed by atoms with E-state index in [1.807, 2.05) is 25.1 Å². The van der Waals surface area contributed by atoms with E-state index in [-0.39, 0.29) is 23.8 Å². The van der Waals surface area contributed by atoms with E-state index in [1.54, 1.807) is 16.3 Å². The molecule has 0 unspecified atom stereocenters. The summed E-state index contributed by atoms with van der Waals surface area (Å²) >= 11 is 1.24. The molecule has 3 amide bonds. The van der Waals surface area contributed by atoms with Gasteiger partial charge in [-0.3, -0.25) is 19.7 Å². The van der Waals surface area contributed by atoms with Gasteiger partial charge in [0.15, 0.2) is 0 Å². The van der Waals surface area contributed by atoms with Gasteiger partial charge in [-0.2, -0.15) is 0 Å². The van der Waals surface area contributed by atoms with Gasteiger partial charge in [-0.05, 0) is 49.6 Å². The van der Waals surface area contributed by atoms with Crippen molar-refractivity contribution in [2.24, 2.45) is 0 Å². The number of anilines is 2. The van der Waals surface area contributed by atoms with Gasteiger partial charge in [0.25, 0.3) is 5.91 Å². The quantitative estimate of drug-likeness (QED) is 0.537. The molecule has 4 rings (SSSR count). The van der Waals surface area contributed by atoms with E-state index in [0.717, 1.165) is 29.4 Å². The molecule has 0 atom stereocenters. The van der Waals surface area contributed by atoms with E-state index in [2.05, 4.69) is 28.4 Å². The highest BCUT2D eigenvalue weighted by molar-refractivity contribution is 7.12. The van der Waals surface area contributed by atoms with Gasteiger partial charge >= 0.3 is 0 Å². The second kappa shape index (κ2) is 9.41. The first-order chi connectivity index (χ1) is 15.9. The molecular formula is C24H25N5O3S. The molecule has 9 heteroatoms. The second-order valence-corrected chi connectivity index (χ2v) is 8.77. The van der Waals surface area contributed by atoms with Crippen LogP contribution in [-0.2, 0) is 9.59 Å². The zero-order chi connectivity index (χ0) is 23.5. The summed E-state index contributed by atoms with van der Waals surface area (Å²) in [6.45, 7) is 10.3. The first kappa shape index (κ1) is 22.5. The Hall–Kier alpha value is -3.72. The zero-order valence-corrected chi connectivity index (χ0v) is 19.2. The molecule has 3 aromatic rings. The van der Waals surface area contributed by atoms with E-state index in [4.69, 9.17) is 4.98 Å². The third-order valence-electron chi connectivity index (χ3n) is 5.73. The molecule has 0 bridgehead atoms. The maximum atomic E-state index is 13.0. The van der Waals surface area contributed by atoms with Crippen LogP contribution in [0.1, 0.15) is 34.1 Å². The largest absolute Gasteiger partial charge is 0.339 e. The number of hydrogen-bond acceptors (Lipinski definition) is 5. The average molecular weight is 464 g/mol. The zero-order valence-electron chi connectivity index (χ0n) is 18.3. The van der Waals surface area contributed by atoms with Crippen molar-refractivity contribution in [3.8, 4) is 0 Å². The number of amides is 3. The number of para-hydroxylation sites is 1. The summed E-state index contributed by atoms with van der Waals surface area (Å²) < 4.78 is 2.09. The van der Waals surface area contributed by atoms with Gasteiger partial charge < -0.3 is 14.8 Å². The Balaban J connectivity index is 1.62. The molecule has 1 saturated heterocycles. The first-order valence-corrected chi connectivity index (χ1v) is 11.5. The van der Waals surface area contributed by atoms with Crippen LogP contribution in [0.25, 0.3) is 11.0 Å². The molecule has 0 radical (unpaired) electrons. The van der Waals surface area contributed by atoms with Crippen molar-refractivity contribution < 1.29 is 14.4 Å². The minimum Gasteiger partial charge on any atom is -0.339 e. The van der Waals surface area contributed by atoms with Crippen molar-refractivity contribution in [3.63, 3.8) is 0 Å². The van der Waals surface area contributed by atoms with Crippen molar-refractivity contribution in [2.45, 2.75) is 25.8 Å². The molecule has 0 spiro atoms. The van der Waals surface area contributed by atoms with Crippen molar-refractivity contribution in [2.75, 3.05) is 23.7 Å². The minimum absolute atomic E-state index is 0.0642. The number of aryl methyl sites for hydroxylation is 1. The molecular weight excluding hydrogens is 438 g/mol. The van der Waals surface area contributed by atoms with Crippen LogP contribution in [0.4, 0.5) is 11.6 Å². The van der Waals surface area contributed by atoms with Gasteiger partial charge in [-0.25, -0.2) is 4.98 Å². The van der Waals surface area contributed by atoms with Gasteiger partial charge in [0.1, 0.15) is 0 Å². The molecule has 3 heterocycles. The number of nitrogens with one attached hydrogen (secondary N) is 2. The van der Waals surface area contributed by atoms with Crippen LogP contribution in [0.3, 0.4) is 0 Å². The second-order valence-electron chi connectivity index (χ2n) is 7.86. The molecule has 2 N–H and O–H groups in total. The number of rotatable bonds is 6. The number of piperidine rings is 1. The number of nitrogens with zero attached hydrogens (tertiary/aromatic N) is 3. The third kappa shape index (κ3) is 4.58. The fourth-order valence-electron chi connectivity index (χ4n) is 4.12. The maximum absolute atomic E-state index is 13.0. The van der Waals surface area contributed by atoms with Crippen LogP contribution in [0, 0.1) is 6.92 Å². The normalized spacial score (nSPS) is 14.2. The van der Waals surface area contributed by atoms with Crippen LogP contribution in [-0.4, -0.2) is 45.3 Å². The van der Waals surface area contributed by atoms with Gasteiger partial charge in [0.2, 0.25) is 17.8 Å². The van der Waals surface area contributed by atoms with Crippen LogP contribution in [0.5, 0.6) is 0 Å². The Bertz CT molecular complexity index is 1250. The van der Waals surface area contributed by atoms with Crippen LogP contribution in [0.15, 0.2) is 55.0 Å². The van der Waals surface area contributed by atoms with Crippen LogP contribution < -0.4 is 10.6 Å². The maximum Gasteiger partial charge on any atom is 0.268 e. The van der Waals surface area contributed by atoms with Crippen LogP contribution in [0.2, 0.25) is 0 Å². The predicted molar refractivity (Wildman–Crippen MR) is 131 cm³/mol.